The molecule has 1 aromatic rings. The Labute approximate surface area is 123 Å². The lowest BCUT2D eigenvalue weighted by Gasteiger charge is -2.23. The maximum absolute atomic E-state index is 12.4. The number of rotatable bonds is 4. The van der Waals surface area contributed by atoms with Crippen molar-refractivity contribution in [3.8, 4) is 5.75 Å². The van der Waals surface area contributed by atoms with E-state index in [0.717, 1.165) is 6.42 Å². The standard InChI is InChI=1S/C13H18N2O5S/c1-15(10-5-6-20-8-10)13(16)9-3-4-11(19-2)12(7-9)21(14,17)18/h3-4,7,10H,5-6,8H2,1-2H3,(H2,14,17,18). The molecule has 1 unspecified atom stereocenters. The Morgan fingerprint density at radius 2 is 2.19 bits per heavy atom. The first-order valence-corrected chi connectivity index (χ1v) is 7.95. The molecular weight excluding hydrogens is 296 g/mol. The quantitative estimate of drug-likeness (QED) is 0.856. The van der Waals surface area contributed by atoms with Gasteiger partial charge in [-0.2, -0.15) is 0 Å². The molecule has 0 spiro atoms. The number of carbonyl (C=O) groups excluding carboxylic acids is 1. The van der Waals surface area contributed by atoms with Crippen LogP contribution in [0, 0.1) is 0 Å². The van der Waals surface area contributed by atoms with Crippen molar-refractivity contribution in [3.05, 3.63) is 23.8 Å². The van der Waals surface area contributed by atoms with Crippen LogP contribution in [-0.4, -0.2) is 52.6 Å². The second-order valence-corrected chi connectivity index (χ2v) is 6.37. The van der Waals surface area contributed by atoms with Crippen LogP contribution in [-0.2, 0) is 14.8 Å². The normalized spacial score (nSPS) is 18.5. The zero-order valence-electron chi connectivity index (χ0n) is 11.9. The maximum Gasteiger partial charge on any atom is 0.253 e. The summed E-state index contributed by atoms with van der Waals surface area (Å²) in [6.07, 6.45) is 0.764. The van der Waals surface area contributed by atoms with Gasteiger partial charge in [-0.1, -0.05) is 0 Å². The van der Waals surface area contributed by atoms with Crippen LogP contribution in [0.3, 0.4) is 0 Å². The number of ether oxygens (including phenoxy) is 2. The van der Waals surface area contributed by atoms with E-state index in [9.17, 15) is 13.2 Å². The van der Waals surface area contributed by atoms with Gasteiger partial charge in [0.2, 0.25) is 10.0 Å². The zero-order valence-corrected chi connectivity index (χ0v) is 12.7. The second-order valence-electron chi connectivity index (χ2n) is 4.84. The first-order valence-electron chi connectivity index (χ1n) is 6.40. The molecule has 7 nitrogen and oxygen atoms in total. The highest BCUT2D eigenvalue weighted by atomic mass is 32.2. The van der Waals surface area contributed by atoms with Crippen LogP contribution in [0.2, 0.25) is 0 Å². The minimum atomic E-state index is -3.97. The van der Waals surface area contributed by atoms with Crippen molar-refractivity contribution in [2.24, 2.45) is 5.14 Å². The number of primary sulfonamides is 1. The summed E-state index contributed by atoms with van der Waals surface area (Å²) in [5.74, 6) is -0.168. The third kappa shape index (κ3) is 3.34. The lowest BCUT2D eigenvalue weighted by Crippen LogP contribution is -2.37. The van der Waals surface area contributed by atoms with Crippen LogP contribution in [0.15, 0.2) is 23.1 Å². The van der Waals surface area contributed by atoms with Crippen LogP contribution < -0.4 is 9.88 Å². The molecule has 0 bridgehead atoms. The molecule has 0 radical (unpaired) electrons. The van der Waals surface area contributed by atoms with Gasteiger partial charge in [-0.25, -0.2) is 13.6 Å². The molecule has 21 heavy (non-hydrogen) atoms. The Bertz CT molecular complexity index is 638. The average Bonchev–Trinajstić information content (AvgIpc) is 2.98. The lowest BCUT2D eigenvalue weighted by molar-refractivity contribution is 0.0711. The molecule has 1 aliphatic heterocycles. The molecule has 2 N–H and O–H groups in total. The Morgan fingerprint density at radius 1 is 1.48 bits per heavy atom. The van der Waals surface area contributed by atoms with Gasteiger partial charge in [0.1, 0.15) is 10.6 Å². The fraction of sp³-hybridized carbons (Fsp3) is 0.462. The number of amides is 1. The number of benzene rings is 1. The number of hydrogen-bond donors (Lipinski definition) is 1. The molecule has 8 heteroatoms. The molecule has 1 aliphatic rings. The zero-order chi connectivity index (χ0) is 15.6. The molecule has 1 heterocycles. The first kappa shape index (κ1) is 15.7. The summed E-state index contributed by atoms with van der Waals surface area (Å²) in [5.41, 5.74) is 0.245. The van der Waals surface area contributed by atoms with Crippen LogP contribution >= 0.6 is 0 Å². The number of hydrogen-bond acceptors (Lipinski definition) is 5. The van der Waals surface area contributed by atoms with Gasteiger partial charge in [0.15, 0.2) is 0 Å². The summed E-state index contributed by atoms with van der Waals surface area (Å²) in [5, 5.41) is 5.15. The number of likely N-dealkylation sites (N-methyl/N-ethyl adjacent to an activating group) is 1. The number of nitrogens with zero attached hydrogens (tertiary/aromatic N) is 1. The van der Waals surface area contributed by atoms with Gasteiger partial charge in [-0.15, -0.1) is 0 Å². The topological polar surface area (TPSA) is 98.9 Å². The highest BCUT2D eigenvalue weighted by Crippen LogP contribution is 2.25. The van der Waals surface area contributed by atoms with Crippen LogP contribution in [0.5, 0.6) is 5.75 Å². The Hall–Kier alpha value is -1.64. The Morgan fingerprint density at radius 3 is 2.71 bits per heavy atom. The van der Waals surface area contributed by atoms with Gasteiger partial charge in [0, 0.05) is 19.2 Å². The van der Waals surface area contributed by atoms with E-state index in [1.54, 1.807) is 11.9 Å². The van der Waals surface area contributed by atoms with Crippen LogP contribution in [0.4, 0.5) is 0 Å². The fourth-order valence-corrected chi connectivity index (χ4v) is 2.95. The summed E-state index contributed by atoms with van der Waals surface area (Å²) in [6, 6.07) is 4.18. The van der Waals surface area contributed by atoms with Crippen molar-refractivity contribution in [1.29, 1.82) is 0 Å². The van der Waals surface area contributed by atoms with E-state index in [4.69, 9.17) is 14.6 Å². The summed E-state index contributed by atoms with van der Waals surface area (Å²) in [6.45, 7) is 1.10. The number of carbonyl (C=O) groups is 1. The van der Waals surface area contributed by atoms with Gasteiger partial charge in [0.05, 0.1) is 19.8 Å². The third-order valence-electron chi connectivity index (χ3n) is 3.49. The van der Waals surface area contributed by atoms with Crippen molar-refractivity contribution in [2.45, 2.75) is 17.4 Å². The van der Waals surface area contributed by atoms with E-state index in [1.807, 2.05) is 0 Å². The molecule has 1 fully saturated rings. The van der Waals surface area contributed by atoms with Crippen molar-refractivity contribution in [2.75, 3.05) is 27.4 Å². The van der Waals surface area contributed by atoms with Gasteiger partial charge in [-0.05, 0) is 24.6 Å². The van der Waals surface area contributed by atoms with Gasteiger partial charge >= 0.3 is 0 Å². The van der Waals surface area contributed by atoms with Gasteiger partial charge in [0.25, 0.3) is 5.91 Å². The highest BCUT2D eigenvalue weighted by molar-refractivity contribution is 7.89. The summed E-state index contributed by atoms with van der Waals surface area (Å²) in [7, 11) is -0.957. The van der Waals surface area contributed by atoms with E-state index in [1.165, 1.54) is 25.3 Å². The highest BCUT2D eigenvalue weighted by Gasteiger charge is 2.26. The molecule has 116 valence electrons. The largest absolute Gasteiger partial charge is 0.495 e. The van der Waals surface area contributed by atoms with E-state index in [-0.39, 0.29) is 28.2 Å². The number of methoxy groups -OCH3 is 1. The molecule has 1 amide bonds. The van der Waals surface area contributed by atoms with Crippen molar-refractivity contribution >= 4 is 15.9 Å². The van der Waals surface area contributed by atoms with Gasteiger partial charge < -0.3 is 14.4 Å². The molecule has 1 atom stereocenters. The third-order valence-corrected chi connectivity index (χ3v) is 4.42. The smallest absolute Gasteiger partial charge is 0.253 e. The number of nitrogens with two attached hydrogens (primary N) is 1. The Kier molecular flexibility index (Phi) is 4.50. The SMILES string of the molecule is COc1ccc(C(=O)N(C)C2CCOC2)cc1S(N)(=O)=O. The molecule has 0 aromatic heterocycles. The maximum atomic E-state index is 12.4. The molecule has 2 rings (SSSR count). The van der Waals surface area contributed by atoms with E-state index < -0.39 is 10.0 Å². The lowest BCUT2D eigenvalue weighted by atomic mass is 10.1. The summed E-state index contributed by atoms with van der Waals surface area (Å²) in [4.78, 5) is 13.8. The monoisotopic (exact) mass is 314 g/mol. The molecular formula is C13H18N2O5S. The number of sulfonamides is 1. The minimum absolute atomic E-state index is 0.00228. The minimum Gasteiger partial charge on any atom is -0.495 e. The van der Waals surface area contributed by atoms with Crippen LogP contribution in [0.25, 0.3) is 0 Å². The predicted molar refractivity (Wildman–Crippen MR) is 75.7 cm³/mol. The average molecular weight is 314 g/mol. The molecule has 0 saturated carbocycles. The van der Waals surface area contributed by atoms with Crippen molar-refractivity contribution in [1.82, 2.24) is 4.90 Å². The van der Waals surface area contributed by atoms with Crippen LogP contribution in [0.1, 0.15) is 16.8 Å². The van der Waals surface area contributed by atoms with E-state index in [0.29, 0.717) is 13.2 Å². The van der Waals surface area contributed by atoms with E-state index >= 15 is 0 Å². The van der Waals surface area contributed by atoms with Crippen molar-refractivity contribution < 1.29 is 22.7 Å². The molecule has 1 saturated heterocycles. The molecule has 1 aromatic carbocycles. The Balaban J connectivity index is 2.33. The first-order chi connectivity index (χ1) is 9.84. The van der Waals surface area contributed by atoms with Gasteiger partial charge in [-0.3, -0.25) is 4.79 Å². The molecule has 0 aliphatic carbocycles. The summed E-state index contributed by atoms with van der Waals surface area (Å²) < 4.78 is 33.3. The summed E-state index contributed by atoms with van der Waals surface area (Å²) >= 11 is 0. The second kappa shape index (κ2) is 6.00. The predicted octanol–water partition coefficient (Wildman–Crippen LogP) is 0.204. The van der Waals surface area contributed by atoms with E-state index in [2.05, 4.69) is 0 Å². The van der Waals surface area contributed by atoms with Crippen molar-refractivity contribution in [3.63, 3.8) is 0 Å². The fourth-order valence-electron chi connectivity index (χ4n) is 2.23.